The minimum absolute atomic E-state index is 0.859. The molecule has 0 aliphatic carbocycles. The Balaban J connectivity index is 1.21. The molecular weight excluding hydrogens is 701 g/mol. The van der Waals surface area contributed by atoms with Crippen molar-refractivity contribution in [1.29, 1.82) is 0 Å². The lowest BCUT2D eigenvalue weighted by molar-refractivity contribution is 0.672. The van der Waals surface area contributed by atoms with E-state index in [-0.39, 0.29) is 0 Å². The van der Waals surface area contributed by atoms with Crippen LogP contribution in [0.25, 0.3) is 91.5 Å². The summed E-state index contributed by atoms with van der Waals surface area (Å²) in [5, 5.41) is 9.49. The number of fused-ring (bicyclic) bond motifs is 11. The van der Waals surface area contributed by atoms with Crippen LogP contribution in [-0.4, -0.2) is 4.57 Å². The van der Waals surface area contributed by atoms with Crippen LogP contribution in [0.1, 0.15) is 0 Å². The summed E-state index contributed by atoms with van der Waals surface area (Å²) >= 11 is 1.87. The van der Waals surface area contributed by atoms with Crippen LogP contribution < -0.4 is 4.90 Å². The number of rotatable bonds is 5. The van der Waals surface area contributed by atoms with E-state index in [4.69, 9.17) is 4.42 Å². The highest BCUT2D eigenvalue weighted by Gasteiger charge is 2.26. The van der Waals surface area contributed by atoms with Crippen molar-refractivity contribution in [3.05, 3.63) is 194 Å². The molecule has 0 spiro atoms. The number of thiophene rings is 1. The van der Waals surface area contributed by atoms with Crippen molar-refractivity contribution in [2.24, 2.45) is 0 Å². The number of hydrogen-bond acceptors (Lipinski definition) is 3. The highest BCUT2D eigenvalue weighted by Crippen LogP contribution is 2.50. The number of hydrogen-bond donors (Lipinski definition) is 0. The monoisotopic (exact) mass is 732 g/mol. The zero-order chi connectivity index (χ0) is 36.7. The van der Waals surface area contributed by atoms with Crippen molar-refractivity contribution >= 4 is 103 Å². The van der Waals surface area contributed by atoms with Crippen LogP contribution in [0, 0.1) is 0 Å². The van der Waals surface area contributed by atoms with Gasteiger partial charge in [0, 0.05) is 52.8 Å². The van der Waals surface area contributed by atoms with E-state index in [1.54, 1.807) is 0 Å². The van der Waals surface area contributed by atoms with Crippen molar-refractivity contribution in [3.8, 4) is 16.8 Å². The first-order chi connectivity index (χ1) is 27.8. The fourth-order valence-corrected chi connectivity index (χ4v) is 10.2. The normalized spacial score (nSPS) is 11.9. The molecule has 3 heterocycles. The number of aromatic nitrogens is 1. The van der Waals surface area contributed by atoms with Gasteiger partial charge < -0.3 is 13.9 Å². The number of benzene rings is 9. The second-order valence-corrected chi connectivity index (χ2v) is 15.5. The van der Waals surface area contributed by atoms with E-state index in [1.807, 2.05) is 11.3 Å². The highest BCUT2D eigenvalue weighted by atomic mass is 32.1. The smallest absolute Gasteiger partial charge is 0.143 e. The fourth-order valence-electron chi connectivity index (χ4n) is 8.99. The third-order valence-electron chi connectivity index (χ3n) is 11.4. The molecule has 0 unspecified atom stereocenters. The Morgan fingerprint density at radius 3 is 1.86 bits per heavy atom. The van der Waals surface area contributed by atoms with E-state index >= 15 is 0 Å². The molecule has 0 saturated heterocycles. The lowest BCUT2D eigenvalue weighted by atomic mass is 9.98. The average molecular weight is 733 g/mol. The van der Waals surface area contributed by atoms with Gasteiger partial charge in [0.05, 0.1) is 39.2 Å². The Morgan fingerprint density at radius 2 is 1.02 bits per heavy atom. The summed E-state index contributed by atoms with van der Waals surface area (Å²) in [6, 6.07) is 70.2. The Kier molecular flexibility index (Phi) is 6.80. The minimum Gasteiger partial charge on any atom is -0.455 e. The van der Waals surface area contributed by atoms with Gasteiger partial charge in [0.2, 0.25) is 0 Å². The van der Waals surface area contributed by atoms with E-state index < -0.39 is 0 Å². The first kappa shape index (κ1) is 31.2. The molecule has 0 bridgehead atoms. The zero-order valence-electron chi connectivity index (χ0n) is 30.2. The largest absolute Gasteiger partial charge is 0.455 e. The van der Waals surface area contributed by atoms with Crippen LogP contribution >= 0.6 is 11.3 Å². The quantitative estimate of drug-likeness (QED) is 0.176. The Morgan fingerprint density at radius 1 is 0.411 bits per heavy atom. The second-order valence-electron chi connectivity index (χ2n) is 14.4. The Bertz CT molecular complexity index is 3460. The maximum Gasteiger partial charge on any atom is 0.143 e. The van der Waals surface area contributed by atoms with Gasteiger partial charge in [0.15, 0.2) is 0 Å². The number of anilines is 3. The summed E-state index contributed by atoms with van der Waals surface area (Å²) in [4.78, 5) is 2.48. The average Bonchev–Trinajstić information content (AvgIpc) is 3.95. The van der Waals surface area contributed by atoms with Crippen molar-refractivity contribution in [1.82, 2.24) is 4.57 Å². The molecule has 9 aromatic carbocycles. The minimum atomic E-state index is 0.859. The Hall–Kier alpha value is -7.14. The Labute approximate surface area is 326 Å². The van der Waals surface area contributed by atoms with E-state index in [0.717, 1.165) is 61.0 Å². The van der Waals surface area contributed by atoms with Gasteiger partial charge in [0.25, 0.3) is 0 Å². The maximum absolute atomic E-state index is 6.82. The third kappa shape index (κ3) is 4.51. The molecule has 56 heavy (non-hydrogen) atoms. The molecule has 0 N–H and O–H groups in total. The van der Waals surface area contributed by atoms with Gasteiger partial charge in [-0.05, 0) is 60.0 Å². The first-order valence-electron chi connectivity index (χ1n) is 19.0. The van der Waals surface area contributed by atoms with Crippen LogP contribution in [0.3, 0.4) is 0 Å². The number of furan rings is 1. The molecule has 3 aromatic heterocycles. The molecule has 0 atom stereocenters. The van der Waals surface area contributed by atoms with E-state index in [9.17, 15) is 0 Å². The van der Waals surface area contributed by atoms with Gasteiger partial charge in [-0.1, -0.05) is 140 Å². The molecule has 12 aromatic rings. The summed E-state index contributed by atoms with van der Waals surface area (Å²) in [6.45, 7) is 0. The van der Waals surface area contributed by atoms with Gasteiger partial charge in [-0.2, -0.15) is 0 Å². The molecule has 0 radical (unpaired) electrons. The van der Waals surface area contributed by atoms with E-state index in [0.29, 0.717) is 0 Å². The summed E-state index contributed by atoms with van der Waals surface area (Å²) in [6.07, 6.45) is 0. The van der Waals surface area contributed by atoms with Gasteiger partial charge >= 0.3 is 0 Å². The first-order valence-corrected chi connectivity index (χ1v) is 19.8. The van der Waals surface area contributed by atoms with E-state index in [2.05, 4.69) is 204 Å². The van der Waals surface area contributed by atoms with Crippen LogP contribution in [-0.2, 0) is 0 Å². The lowest BCUT2D eigenvalue weighted by Gasteiger charge is -2.30. The lowest BCUT2D eigenvalue weighted by Crippen LogP contribution is -2.14. The maximum atomic E-state index is 6.82. The van der Waals surface area contributed by atoms with Gasteiger partial charge in [-0.15, -0.1) is 11.3 Å². The van der Waals surface area contributed by atoms with Crippen molar-refractivity contribution in [3.63, 3.8) is 0 Å². The molecule has 0 saturated carbocycles. The molecule has 12 rings (SSSR count). The standard InChI is InChI=1S/C52H32N2OS/c1-2-16-34-33(15-1)31-32-41-50-47(28-14-29-48(50)55-51(34)41)54(44-25-9-5-19-37(44)39-21-13-22-40-38-20-6-12-30-49(38)56-52(39)40)46-27-11-10-26-45(46)53-42-23-7-3-17-35(42)36-18-4-8-24-43(36)53/h1-32H. The summed E-state index contributed by atoms with van der Waals surface area (Å²) in [5.41, 5.74) is 10.8. The van der Waals surface area contributed by atoms with Gasteiger partial charge in [-0.3, -0.25) is 0 Å². The second kappa shape index (κ2) is 12.2. The summed E-state index contributed by atoms with van der Waals surface area (Å²) < 4.78 is 11.8. The third-order valence-corrected chi connectivity index (χ3v) is 12.6. The molecule has 4 heteroatoms. The molecular formula is C52H32N2OS. The molecule has 0 amide bonds. The highest BCUT2D eigenvalue weighted by molar-refractivity contribution is 7.26. The SMILES string of the molecule is c1ccc(N(c2ccccc2-n2c3ccccc3c3ccccc32)c2cccc3oc4c5ccccc5ccc4c23)c(-c2cccc3c2sc2ccccc23)c1. The van der Waals surface area contributed by atoms with Gasteiger partial charge in [0.1, 0.15) is 11.2 Å². The number of para-hydroxylation sites is 5. The molecule has 0 aliphatic heterocycles. The van der Waals surface area contributed by atoms with Crippen molar-refractivity contribution in [2.75, 3.05) is 4.90 Å². The van der Waals surface area contributed by atoms with E-state index in [1.165, 1.54) is 47.5 Å². The van der Waals surface area contributed by atoms with Crippen molar-refractivity contribution in [2.45, 2.75) is 0 Å². The van der Waals surface area contributed by atoms with Crippen LogP contribution in [0.4, 0.5) is 17.1 Å². The van der Waals surface area contributed by atoms with Crippen LogP contribution in [0.5, 0.6) is 0 Å². The molecule has 0 fully saturated rings. The molecule has 262 valence electrons. The van der Waals surface area contributed by atoms with Crippen LogP contribution in [0.15, 0.2) is 199 Å². The number of nitrogens with zero attached hydrogens (tertiary/aromatic N) is 2. The fraction of sp³-hybridized carbons (Fsp3) is 0. The summed E-state index contributed by atoms with van der Waals surface area (Å²) in [5.74, 6) is 0. The predicted octanol–water partition coefficient (Wildman–Crippen LogP) is 15.3. The van der Waals surface area contributed by atoms with Crippen LogP contribution in [0.2, 0.25) is 0 Å². The summed E-state index contributed by atoms with van der Waals surface area (Å²) in [7, 11) is 0. The molecule has 3 nitrogen and oxygen atoms in total. The topological polar surface area (TPSA) is 21.3 Å². The predicted molar refractivity (Wildman–Crippen MR) is 239 cm³/mol. The van der Waals surface area contributed by atoms with Crippen molar-refractivity contribution < 1.29 is 4.42 Å². The zero-order valence-corrected chi connectivity index (χ0v) is 31.0. The van der Waals surface area contributed by atoms with Gasteiger partial charge in [-0.25, -0.2) is 0 Å². The molecule has 0 aliphatic rings.